The Morgan fingerprint density at radius 2 is 1.96 bits per heavy atom. The van der Waals surface area contributed by atoms with E-state index in [2.05, 4.69) is 55.2 Å². The number of benzene rings is 1. The number of nitrogens with zero attached hydrogens (tertiary/aromatic N) is 2. The number of carbonyl (C=O) groups is 2. The largest absolute Gasteiger partial charge is 0.451 e. The van der Waals surface area contributed by atoms with Gasteiger partial charge in [0.15, 0.2) is 12.3 Å². The first-order valence-electron chi connectivity index (χ1n) is 9.35. The minimum absolute atomic E-state index is 0.0397. The number of aromatic amines is 1. The average Bonchev–Trinajstić information content (AvgIpc) is 3.28. The summed E-state index contributed by atoms with van der Waals surface area (Å²) in [6.45, 7) is 8.77. The highest BCUT2D eigenvalue weighted by Gasteiger charge is 2.30. The summed E-state index contributed by atoms with van der Waals surface area (Å²) in [7, 11) is 0. The number of esters is 1. The number of hydrogen-bond acceptors (Lipinski definition) is 4. The molecule has 6 heteroatoms. The highest BCUT2D eigenvalue weighted by atomic mass is 16.5. The normalized spacial score (nSPS) is 17.2. The number of amides is 1. The quantitative estimate of drug-likeness (QED) is 0.837. The fraction of sp³-hybridized carbons (Fsp3) is 0.476. The van der Waals surface area contributed by atoms with Crippen molar-refractivity contribution in [2.75, 3.05) is 13.2 Å². The van der Waals surface area contributed by atoms with Crippen LogP contribution < -0.4 is 0 Å². The number of aromatic nitrogens is 2. The van der Waals surface area contributed by atoms with Gasteiger partial charge in [0.2, 0.25) is 0 Å². The Kier molecular flexibility index (Phi) is 5.35. The minimum atomic E-state index is -0.585. The highest BCUT2D eigenvalue weighted by Crippen LogP contribution is 2.33. The van der Waals surface area contributed by atoms with Crippen molar-refractivity contribution in [3.8, 4) is 0 Å². The summed E-state index contributed by atoms with van der Waals surface area (Å²) in [5, 5.41) is 6.55. The molecule has 27 heavy (non-hydrogen) atoms. The van der Waals surface area contributed by atoms with E-state index >= 15 is 0 Å². The summed E-state index contributed by atoms with van der Waals surface area (Å²) in [4.78, 5) is 26.4. The van der Waals surface area contributed by atoms with Gasteiger partial charge in [-0.2, -0.15) is 5.10 Å². The number of rotatable bonds is 4. The van der Waals surface area contributed by atoms with Gasteiger partial charge in [-0.15, -0.1) is 0 Å². The third-order valence-electron chi connectivity index (χ3n) is 4.98. The van der Waals surface area contributed by atoms with Crippen LogP contribution in [0.1, 0.15) is 67.0 Å². The Balaban J connectivity index is 1.63. The van der Waals surface area contributed by atoms with Crippen LogP contribution in [0.5, 0.6) is 0 Å². The van der Waals surface area contributed by atoms with Crippen LogP contribution in [0.2, 0.25) is 0 Å². The number of hydrogen-bond donors (Lipinski definition) is 1. The average molecular weight is 369 g/mol. The first kappa shape index (κ1) is 19.1. The molecule has 0 unspecified atom stereocenters. The van der Waals surface area contributed by atoms with Crippen LogP contribution in [-0.2, 0) is 14.9 Å². The topological polar surface area (TPSA) is 75.3 Å². The summed E-state index contributed by atoms with van der Waals surface area (Å²) < 4.78 is 5.15. The Morgan fingerprint density at radius 1 is 1.26 bits per heavy atom. The maximum Gasteiger partial charge on any atom is 0.359 e. The van der Waals surface area contributed by atoms with Gasteiger partial charge in [0.05, 0.1) is 6.04 Å². The molecular formula is C21H27N3O3. The summed E-state index contributed by atoms with van der Waals surface area (Å²) in [5.41, 5.74) is 3.46. The summed E-state index contributed by atoms with van der Waals surface area (Å²) in [6, 6.07) is 10.1. The number of likely N-dealkylation sites (tertiary alicyclic amines) is 1. The Labute approximate surface area is 159 Å². The van der Waals surface area contributed by atoms with Gasteiger partial charge in [0.25, 0.3) is 5.91 Å². The van der Waals surface area contributed by atoms with E-state index in [-0.39, 0.29) is 29.7 Å². The van der Waals surface area contributed by atoms with E-state index in [1.165, 1.54) is 5.56 Å². The van der Waals surface area contributed by atoms with E-state index in [4.69, 9.17) is 4.74 Å². The summed E-state index contributed by atoms with van der Waals surface area (Å²) >= 11 is 0. The zero-order chi connectivity index (χ0) is 19.6. The SMILES string of the molecule is Cc1cc(C(=O)OCC(=O)N2CCC[C@H]2c2ccc(C(C)(C)C)cc2)n[nH]1. The van der Waals surface area contributed by atoms with Crippen molar-refractivity contribution in [1.29, 1.82) is 0 Å². The molecule has 1 aromatic heterocycles. The lowest BCUT2D eigenvalue weighted by molar-refractivity contribution is -0.135. The molecule has 0 saturated carbocycles. The molecule has 1 N–H and O–H groups in total. The number of ether oxygens (including phenoxy) is 1. The zero-order valence-electron chi connectivity index (χ0n) is 16.4. The first-order chi connectivity index (χ1) is 12.8. The van der Waals surface area contributed by atoms with Crippen LogP contribution in [-0.4, -0.2) is 40.1 Å². The van der Waals surface area contributed by atoms with Crippen molar-refractivity contribution in [3.63, 3.8) is 0 Å². The molecule has 144 valence electrons. The van der Waals surface area contributed by atoms with Crippen LogP contribution in [0.3, 0.4) is 0 Å². The van der Waals surface area contributed by atoms with Gasteiger partial charge in [0, 0.05) is 12.2 Å². The standard InChI is InChI=1S/C21H27N3O3/c1-14-12-17(23-22-14)20(26)27-13-19(25)24-11-5-6-18(24)15-7-9-16(10-8-15)21(2,3)4/h7-10,12,18H,5-6,11,13H2,1-4H3,(H,22,23)/t18-/m0/s1. The van der Waals surface area contributed by atoms with E-state index in [0.29, 0.717) is 6.54 Å². The van der Waals surface area contributed by atoms with Gasteiger partial charge in [-0.25, -0.2) is 4.79 Å². The fourth-order valence-corrected chi connectivity index (χ4v) is 3.42. The molecule has 0 spiro atoms. The molecule has 1 fully saturated rings. The zero-order valence-corrected chi connectivity index (χ0v) is 16.4. The Bertz CT molecular complexity index is 818. The third-order valence-corrected chi connectivity index (χ3v) is 4.98. The van der Waals surface area contributed by atoms with Gasteiger partial charge in [-0.1, -0.05) is 45.0 Å². The molecular weight excluding hydrogens is 342 g/mol. The predicted molar refractivity (Wildman–Crippen MR) is 102 cm³/mol. The van der Waals surface area contributed by atoms with Crippen molar-refractivity contribution in [2.24, 2.45) is 0 Å². The van der Waals surface area contributed by atoms with Crippen molar-refractivity contribution in [2.45, 2.75) is 52.0 Å². The number of nitrogens with one attached hydrogen (secondary N) is 1. The Morgan fingerprint density at radius 3 is 2.56 bits per heavy atom. The van der Waals surface area contributed by atoms with Crippen LogP contribution in [0.25, 0.3) is 0 Å². The number of carbonyl (C=O) groups excluding carboxylic acids is 2. The van der Waals surface area contributed by atoms with Crippen molar-refractivity contribution in [1.82, 2.24) is 15.1 Å². The Hall–Kier alpha value is -2.63. The molecule has 6 nitrogen and oxygen atoms in total. The monoisotopic (exact) mass is 369 g/mol. The number of aryl methyl sites for hydroxylation is 1. The molecule has 1 aliphatic heterocycles. The summed E-state index contributed by atoms with van der Waals surface area (Å²) in [5.74, 6) is -0.754. The van der Waals surface area contributed by atoms with E-state index in [1.54, 1.807) is 13.0 Å². The molecule has 1 saturated heterocycles. The molecule has 1 atom stereocenters. The van der Waals surface area contributed by atoms with Crippen LogP contribution in [0.15, 0.2) is 30.3 Å². The van der Waals surface area contributed by atoms with E-state index in [0.717, 1.165) is 24.1 Å². The van der Waals surface area contributed by atoms with Crippen LogP contribution in [0.4, 0.5) is 0 Å². The highest BCUT2D eigenvalue weighted by molar-refractivity contribution is 5.89. The lowest BCUT2D eigenvalue weighted by Gasteiger charge is -2.26. The number of H-pyrrole nitrogens is 1. The molecule has 1 aliphatic rings. The second kappa shape index (κ2) is 7.55. The molecule has 3 rings (SSSR count). The maximum absolute atomic E-state index is 12.6. The molecule has 1 aromatic carbocycles. The van der Waals surface area contributed by atoms with Gasteiger partial charge >= 0.3 is 5.97 Å². The predicted octanol–water partition coefficient (Wildman–Crippen LogP) is 3.54. The molecule has 2 aromatic rings. The fourth-order valence-electron chi connectivity index (χ4n) is 3.42. The van der Waals surface area contributed by atoms with E-state index < -0.39 is 5.97 Å². The minimum Gasteiger partial charge on any atom is -0.451 e. The molecule has 1 amide bonds. The third kappa shape index (κ3) is 4.38. The van der Waals surface area contributed by atoms with Gasteiger partial charge in [0.1, 0.15) is 0 Å². The lowest BCUT2D eigenvalue weighted by atomic mass is 9.86. The van der Waals surface area contributed by atoms with Crippen molar-refractivity contribution >= 4 is 11.9 Å². The lowest BCUT2D eigenvalue weighted by Crippen LogP contribution is -2.34. The molecule has 0 radical (unpaired) electrons. The smallest absolute Gasteiger partial charge is 0.359 e. The van der Waals surface area contributed by atoms with Crippen molar-refractivity contribution in [3.05, 3.63) is 52.8 Å². The summed E-state index contributed by atoms with van der Waals surface area (Å²) in [6.07, 6.45) is 1.87. The first-order valence-corrected chi connectivity index (χ1v) is 9.35. The molecule has 2 heterocycles. The second-order valence-corrected chi connectivity index (χ2v) is 8.13. The van der Waals surface area contributed by atoms with Crippen LogP contribution in [0, 0.1) is 6.92 Å². The van der Waals surface area contributed by atoms with E-state index in [9.17, 15) is 9.59 Å². The molecule has 0 bridgehead atoms. The van der Waals surface area contributed by atoms with Gasteiger partial charge in [-0.05, 0) is 42.4 Å². The van der Waals surface area contributed by atoms with Gasteiger partial charge in [-0.3, -0.25) is 9.89 Å². The van der Waals surface area contributed by atoms with Gasteiger partial charge < -0.3 is 9.64 Å². The maximum atomic E-state index is 12.6. The second-order valence-electron chi connectivity index (χ2n) is 8.13. The van der Waals surface area contributed by atoms with E-state index in [1.807, 2.05) is 4.90 Å². The van der Waals surface area contributed by atoms with Crippen molar-refractivity contribution < 1.29 is 14.3 Å². The van der Waals surface area contributed by atoms with Crippen LogP contribution >= 0.6 is 0 Å². The molecule has 0 aliphatic carbocycles.